The van der Waals surface area contributed by atoms with E-state index < -0.39 is 0 Å². The molecule has 4 heteroatoms. The minimum absolute atomic E-state index is 0. The normalized spacial score (nSPS) is 10.7. The first kappa shape index (κ1) is 61.0. The van der Waals surface area contributed by atoms with Gasteiger partial charge in [0, 0.05) is 0 Å². The molecule has 0 aliphatic carbocycles. The number of hydrogen-bond donors (Lipinski definition) is 0. The molecule has 2 radical (unpaired) electrons. The predicted octanol–water partition coefficient (Wildman–Crippen LogP) is 18.2. The summed E-state index contributed by atoms with van der Waals surface area (Å²) in [6.07, 6.45) is 59.7. The molecular weight excluding hydrogens is 878 g/mol. The maximum absolute atomic E-state index is 2.31. The Morgan fingerprint density at radius 1 is 0.231 bits per heavy atom. The van der Waals surface area contributed by atoms with Crippen molar-refractivity contribution in [1.29, 1.82) is 0 Å². The Labute approximate surface area is 368 Å². The molecule has 0 heterocycles. The van der Waals surface area contributed by atoms with E-state index in [1.807, 2.05) is 0 Å². The molecule has 314 valence electrons. The van der Waals surface area contributed by atoms with Gasteiger partial charge in [-0.3, -0.25) is 0 Å². The summed E-state index contributed by atoms with van der Waals surface area (Å²) in [5.41, 5.74) is 0. The fraction of sp³-hybridized carbons (Fsp3) is 1.00. The summed E-state index contributed by atoms with van der Waals surface area (Å²) < 4.78 is 6.66. The van der Waals surface area contributed by atoms with Gasteiger partial charge in [0.1, 0.15) is 0 Å². The molecule has 0 unspecified atom stereocenters. The topological polar surface area (TPSA) is 0 Å². The fourth-order valence-electron chi connectivity index (χ4n) is 7.20. The first-order valence-corrected chi connectivity index (χ1v) is 32.3. The van der Waals surface area contributed by atoms with Crippen molar-refractivity contribution in [2.45, 2.75) is 302 Å². The average Bonchev–Trinajstić information content (AvgIpc) is 3.13. The molecule has 0 aliphatic rings. The molecule has 0 rings (SSSR count). The van der Waals surface area contributed by atoms with Crippen molar-refractivity contribution >= 4 is 69.3 Å². The van der Waals surface area contributed by atoms with E-state index in [4.69, 9.17) is 0 Å². The van der Waals surface area contributed by atoms with Crippen LogP contribution in [0.5, 0.6) is 0 Å². The van der Waals surface area contributed by atoms with Gasteiger partial charge in [0.15, 0.2) is 0 Å². The summed E-state index contributed by atoms with van der Waals surface area (Å²) in [5.74, 6) is 0. The minimum Gasteiger partial charge on any atom is -0.813 e. The van der Waals surface area contributed by atoms with Crippen LogP contribution in [0.1, 0.15) is 285 Å². The maximum atomic E-state index is 2.31. The minimum atomic E-state index is 0. The Morgan fingerprint density at radius 2 is 0.404 bits per heavy atom. The Bertz CT molecular complexity index is 443. The van der Waals surface area contributed by atoms with Crippen LogP contribution in [0.15, 0.2) is 0 Å². The van der Waals surface area contributed by atoms with Crippen molar-refractivity contribution in [3.8, 4) is 0 Å². The second-order valence-corrected chi connectivity index (χ2v) is 24.8. The van der Waals surface area contributed by atoms with Crippen molar-refractivity contribution in [1.82, 2.24) is 0 Å². The van der Waals surface area contributed by atoms with Gasteiger partial charge in [-0.25, -0.2) is 0 Å². The zero-order valence-corrected chi connectivity index (χ0v) is 44.5. The second-order valence-electron chi connectivity index (χ2n) is 16.2. The second kappa shape index (κ2) is 62.5. The van der Waals surface area contributed by atoms with Crippen molar-refractivity contribution in [3.05, 3.63) is 0 Å². The molecular formula is C48H102S2Sn2. The van der Waals surface area contributed by atoms with E-state index in [-0.39, 0.29) is 69.3 Å². The van der Waals surface area contributed by atoms with Crippen LogP contribution < -0.4 is 0 Å². The van der Waals surface area contributed by atoms with E-state index >= 15 is 0 Å². The number of hydrogen-bond acceptors (Lipinski definition) is 2. The van der Waals surface area contributed by atoms with Gasteiger partial charge in [0.2, 0.25) is 0 Å². The van der Waals surface area contributed by atoms with E-state index in [9.17, 15) is 0 Å². The van der Waals surface area contributed by atoms with E-state index in [0.717, 1.165) is 0 Å². The Morgan fingerprint density at radius 3 is 0.615 bits per heavy atom. The van der Waals surface area contributed by atoms with Gasteiger partial charge in [-0.15, -0.1) is 0 Å². The SMILES string of the molecule is CCCCCCCCCCC[CH2][Sn+2][CH2]CCCCCCCCCCC.CCCCCCCCCCC[CH2][Sn][CH2]CCCCCCCCCCC.[SH-].[SH-]. The first-order chi connectivity index (χ1) is 24.8. The standard InChI is InChI=1S/4C12H25.2H2S.2Sn/c4*1-3-5-7-9-11-12-10-8-6-4-2;;;;/h4*1,3-12H2,2H3;2*1H2;;/q;;;;;;;+2/p-2. The molecule has 0 aromatic carbocycles. The summed E-state index contributed by atoms with van der Waals surface area (Å²) >= 11 is 0.0753. The molecule has 0 saturated carbocycles. The number of rotatable bonds is 44. The van der Waals surface area contributed by atoms with E-state index in [0.29, 0.717) is 0 Å². The van der Waals surface area contributed by atoms with Crippen molar-refractivity contribution < 1.29 is 0 Å². The van der Waals surface area contributed by atoms with Crippen LogP contribution in [0.3, 0.4) is 0 Å². The quantitative estimate of drug-likeness (QED) is 0.0258. The van der Waals surface area contributed by atoms with Gasteiger partial charge in [-0.1, -0.05) is 0 Å². The average molecular weight is 981 g/mol. The third-order valence-electron chi connectivity index (χ3n) is 10.8. The molecule has 0 atom stereocenters. The van der Waals surface area contributed by atoms with Crippen LogP contribution in [0, 0.1) is 0 Å². The molecule has 0 amide bonds. The number of unbranched alkanes of at least 4 members (excludes halogenated alkanes) is 36. The molecule has 0 aromatic heterocycles. The summed E-state index contributed by atoms with van der Waals surface area (Å²) in [5, 5.41) is 0. The van der Waals surface area contributed by atoms with E-state index in [1.54, 1.807) is 43.4 Å². The van der Waals surface area contributed by atoms with E-state index in [2.05, 4.69) is 27.7 Å². The van der Waals surface area contributed by atoms with Gasteiger partial charge in [-0.2, -0.15) is 0 Å². The zero-order valence-electron chi connectivity index (χ0n) is 37.0. The Hall–Kier alpha value is 2.30. The van der Waals surface area contributed by atoms with Crippen LogP contribution in [0.4, 0.5) is 0 Å². The summed E-state index contributed by atoms with van der Waals surface area (Å²) in [4.78, 5) is 0. The molecule has 0 aromatic rings. The van der Waals surface area contributed by atoms with Gasteiger partial charge in [0.05, 0.1) is 0 Å². The molecule has 0 spiro atoms. The van der Waals surface area contributed by atoms with Crippen LogP contribution in [0.25, 0.3) is 0 Å². The third-order valence-corrected chi connectivity index (χ3v) is 18.9. The van der Waals surface area contributed by atoms with Gasteiger partial charge in [0.25, 0.3) is 0 Å². The van der Waals surface area contributed by atoms with Crippen LogP contribution >= 0.6 is 0 Å². The van der Waals surface area contributed by atoms with Crippen LogP contribution in [0.2, 0.25) is 17.7 Å². The van der Waals surface area contributed by atoms with Crippen molar-refractivity contribution in [3.63, 3.8) is 0 Å². The summed E-state index contributed by atoms with van der Waals surface area (Å²) in [6, 6.07) is 0. The van der Waals surface area contributed by atoms with Gasteiger partial charge in [-0.05, 0) is 0 Å². The van der Waals surface area contributed by atoms with Gasteiger partial charge >= 0.3 is 345 Å². The monoisotopic (exact) mass is 983 g/mol. The summed E-state index contributed by atoms with van der Waals surface area (Å²) in [6.45, 7) is 9.22. The molecule has 0 N–H and O–H groups in total. The van der Waals surface area contributed by atoms with Gasteiger partial charge < -0.3 is 27.0 Å². The van der Waals surface area contributed by atoms with Crippen LogP contribution in [-0.2, 0) is 27.0 Å². The molecule has 52 heavy (non-hydrogen) atoms. The molecule has 0 bridgehead atoms. The molecule has 0 aliphatic heterocycles. The number of thiol groups is 2. The van der Waals surface area contributed by atoms with E-state index in [1.165, 1.54) is 231 Å². The Kier molecular flexibility index (Phi) is 73.3. The Balaban J connectivity index is -0.000000427. The van der Waals surface area contributed by atoms with Crippen LogP contribution in [-0.4, -0.2) is 42.3 Å². The zero-order chi connectivity index (χ0) is 36.5. The first-order valence-electron chi connectivity index (χ1n) is 24.2. The van der Waals surface area contributed by atoms with Crippen molar-refractivity contribution in [2.24, 2.45) is 0 Å². The molecule has 0 saturated heterocycles. The molecule has 0 fully saturated rings. The smallest absolute Gasteiger partial charge is 0.813 e. The molecule has 0 nitrogen and oxygen atoms in total. The predicted molar refractivity (Wildman–Crippen MR) is 256 cm³/mol. The third kappa shape index (κ3) is 64.2. The van der Waals surface area contributed by atoms with Crippen molar-refractivity contribution in [2.75, 3.05) is 0 Å². The summed E-state index contributed by atoms with van der Waals surface area (Å²) in [7, 11) is 0. The fourth-order valence-corrected chi connectivity index (χ4v) is 14.3.